The first-order valence-corrected chi connectivity index (χ1v) is 9.12. The summed E-state index contributed by atoms with van der Waals surface area (Å²) in [5.74, 6) is -0.832. The lowest BCUT2D eigenvalue weighted by Crippen LogP contribution is -2.30. The number of nitrogen functional groups attached to an aromatic ring is 1. The van der Waals surface area contributed by atoms with Crippen LogP contribution in [0, 0.1) is 5.82 Å². The van der Waals surface area contributed by atoms with E-state index >= 15 is 0 Å². The van der Waals surface area contributed by atoms with Crippen molar-refractivity contribution in [2.24, 2.45) is 0 Å². The van der Waals surface area contributed by atoms with Crippen molar-refractivity contribution in [3.05, 3.63) is 44.8 Å². The zero-order chi connectivity index (χ0) is 15.8. The van der Waals surface area contributed by atoms with Crippen LogP contribution in [0.5, 0.6) is 0 Å². The Hall–Kier alpha value is -0.960. The average Bonchev–Trinajstić information content (AvgIpc) is 2.95. The summed E-state index contributed by atoms with van der Waals surface area (Å²) in [5, 5.41) is 1.87. The summed E-state index contributed by atoms with van der Waals surface area (Å²) in [6.07, 6.45) is 0. The van der Waals surface area contributed by atoms with Crippen molar-refractivity contribution < 1.29 is 12.8 Å². The summed E-state index contributed by atoms with van der Waals surface area (Å²) in [7, 11) is -2.54. The van der Waals surface area contributed by atoms with E-state index in [4.69, 9.17) is 5.73 Å². The Morgan fingerprint density at radius 3 is 2.67 bits per heavy atom. The number of benzene rings is 1. The van der Waals surface area contributed by atoms with Crippen LogP contribution >= 0.6 is 27.3 Å². The van der Waals surface area contributed by atoms with Gasteiger partial charge in [-0.1, -0.05) is 6.07 Å². The standard InChI is InChI=1S/C13H14BrFN2O2S2/c1-8(12-4-3-5-20-12)17(2)21(18,19)13-7-11(16)9(14)6-10(13)15/h3-8H,16H2,1-2H3. The van der Waals surface area contributed by atoms with Gasteiger partial charge in [-0.05, 0) is 46.4 Å². The van der Waals surface area contributed by atoms with Gasteiger partial charge in [0.2, 0.25) is 10.0 Å². The molecule has 0 aliphatic heterocycles. The van der Waals surface area contributed by atoms with Gasteiger partial charge in [-0.3, -0.25) is 0 Å². The molecule has 0 bridgehead atoms. The molecule has 114 valence electrons. The van der Waals surface area contributed by atoms with Crippen LogP contribution in [0.25, 0.3) is 0 Å². The number of anilines is 1. The minimum atomic E-state index is -3.97. The highest BCUT2D eigenvalue weighted by Crippen LogP contribution is 2.32. The second-order valence-electron chi connectivity index (χ2n) is 4.52. The Balaban J connectivity index is 2.45. The molecule has 1 heterocycles. The van der Waals surface area contributed by atoms with Crippen molar-refractivity contribution in [1.82, 2.24) is 4.31 Å². The van der Waals surface area contributed by atoms with Gasteiger partial charge in [0.25, 0.3) is 0 Å². The topological polar surface area (TPSA) is 63.4 Å². The third-order valence-corrected chi connectivity index (χ3v) is 6.88. The van der Waals surface area contributed by atoms with E-state index in [1.807, 2.05) is 17.5 Å². The maximum absolute atomic E-state index is 14.0. The molecule has 8 heteroatoms. The molecule has 0 amide bonds. The number of halogens is 2. The van der Waals surface area contributed by atoms with E-state index in [-0.39, 0.29) is 11.7 Å². The van der Waals surface area contributed by atoms with Crippen LogP contribution in [0.2, 0.25) is 0 Å². The van der Waals surface area contributed by atoms with Crippen LogP contribution in [0.3, 0.4) is 0 Å². The Kier molecular flexibility index (Phi) is 4.72. The molecule has 0 saturated heterocycles. The molecule has 1 aromatic carbocycles. The molecular weight excluding hydrogens is 379 g/mol. The molecule has 0 saturated carbocycles. The lowest BCUT2D eigenvalue weighted by molar-refractivity contribution is 0.399. The van der Waals surface area contributed by atoms with Gasteiger partial charge >= 0.3 is 0 Å². The molecule has 2 aromatic rings. The second kappa shape index (κ2) is 6.04. The van der Waals surface area contributed by atoms with Crippen molar-refractivity contribution in [2.75, 3.05) is 12.8 Å². The van der Waals surface area contributed by atoms with Crippen LogP contribution in [0.1, 0.15) is 17.8 Å². The summed E-state index contributed by atoms with van der Waals surface area (Å²) >= 11 is 4.52. The third kappa shape index (κ3) is 3.13. The molecule has 0 spiro atoms. The summed E-state index contributed by atoms with van der Waals surface area (Å²) in [6.45, 7) is 1.75. The van der Waals surface area contributed by atoms with E-state index in [1.54, 1.807) is 6.92 Å². The smallest absolute Gasteiger partial charge is 0.246 e. The van der Waals surface area contributed by atoms with Crippen LogP contribution in [-0.4, -0.2) is 19.8 Å². The molecule has 2 rings (SSSR count). The van der Waals surface area contributed by atoms with Crippen LogP contribution in [-0.2, 0) is 10.0 Å². The van der Waals surface area contributed by atoms with Gasteiger partial charge < -0.3 is 5.73 Å². The minimum absolute atomic E-state index is 0.173. The van der Waals surface area contributed by atoms with Crippen molar-refractivity contribution in [2.45, 2.75) is 17.9 Å². The molecule has 1 atom stereocenters. The average molecular weight is 393 g/mol. The number of rotatable bonds is 4. The quantitative estimate of drug-likeness (QED) is 0.808. The molecule has 21 heavy (non-hydrogen) atoms. The third-order valence-electron chi connectivity index (χ3n) is 3.21. The molecule has 4 nitrogen and oxygen atoms in total. The van der Waals surface area contributed by atoms with Crippen molar-refractivity contribution in [1.29, 1.82) is 0 Å². The first kappa shape index (κ1) is 16.4. The number of nitrogens with zero attached hydrogens (tertiary/aromatic N) is 1. The zero-order valence-corrected chi connectivity index (χ0v) is 14.6. The molecule has 2 N–H and O–H groups in total. The molecule has 1 aromatic heterocycles. The number of hydrogen-bond acceptors (Lipinski definition) is 4. The summed E-state index contributed by atoms with van der Waals surface area (Å²) in [6, 6.07) is 5.49. The van der Waals surface area contributed by atoms with E-state index in [9.17, 15) is 12.8 Å². The SMILES string of the molecule is CC(c1cccs1)N(C)S(=O)(=O)c1cc(N)c(Br)cc1F. The summed E-state index contributed by atoms with van der Waals surface area (Å²) in [4.78, 5) is 0.459. The van der Waals surface area contributed by atoms with E-state index in [0.29, 0.717) is 4.47 Å². The molecule has 0 fully saturated rings. The maximum Gasteiger partial charge on any atom is 0.246 e. The second-order valence-corrected chi connectivity index (χ2v) is 8.32. The van der Waals surface area contributed by atoms with Crippen molar-refractivity contribution in [3.8, 4) is 0 Å². The minimum Gasteiger partial charge on any atom is -0.398 e. The fourth-order valence-corrected chi connectivity index (χ4v) is 4.44. The Labute approximate surface area is 135 Å². The molecule has 0 aliphatic rings. The predicted molar refractivity (Wildman–Crippen MR) is 86.2 cm³/mol. The van der Waals surface area contributed by atoms with Gasteiger partial charge in [0.05, 0.1) is 6.04 Å². The number of hydrogen-bond donors (Lipinski definition) is 1. The van der Waals surface area contributed by atoms with E-state index < -0.39 is 20.7 Å². The van der Waals surface area contributed by atoms with E-state index in [1.165, 1.54) is 18.4 Å². The molecule has 0 radical (unpaired) electrons. The fourth-order valence-electron chi connectivity index (χ4n) is 1.81. The zero-order valence-electron chi connectivity index (χ0n) is 11.4. The van der Waals surface area contributed by atoms with Crippen LogP contribution in [0.15, 0.2) is 39.0 Å². The fraction of sp³-hybridized carbons (Fsp3) is 0.231. The molecule has 1 unspecified atom stereocenters. The van der Waals surface area contributed by atoms with Gasteiger partial charge in [0, 0.05) is 22.1 Å². The number of nitrogens with two attached hydrogens (primary N) is 1. The Morgan fingerprint density at radius 1 is 1.43 bits per heavy atom. The summed E-state index contributed by atoms with van der Waals surface area (Å²) in [5.41, 5.74) is 5.84. The van der Waals surface area contributed by atoms with E-state index in [2.05, 4.69) is 15.9 Å². The normalized spacial score (nSPS) is 13.6. The summed E-state index contributed by atoms with van der Waals surface area (Å²) < 4.78 is 40.6. The van der Waals surface area contributed by atoms with Gasteiger partial charge in [0.1, 0.15) is 10.7 Å². The highest BCUT2D eigenvalue weighted by atomic mass is 79.9. The molecular formula is C13H14BrFN2O2S2. The largest absolute Gasteiger partial charge is 0.398 e. The number of sulfonamides is 1. The maximum atomic E-state index is 14.0. The van der Waals surface area contributed by atoms with Crippen molar-refractivity contribution in [3.63, 3.8) is 0 Å². The highest BCUT2D eigenvalue weighted by Gasteiger charge is 2.30. The van der Waals surface area contributed by atoms with Crippen LogP contribution < -0.4 is 5.73 Å². The van der Waals surface area contributed by atoms with Gasteiger partial charge in [-0.2, -0.15) is 4.31 Å². The number of thiophene rings is 1. The first-order valence-electron chi connectivity index (χ1n) is 6.01. The van der Waals surface area contributed by atoms with Crippen molar-refractivity contribution >= 4 is 43.0 Å². The lowest BCUT2D eigenvalue weighted by Gasteiger charge is -2.24. The Morgan fingerprint density at radius 2 is 2.10 bits per heavy atom. The first-order chi connectivity index (χ1) is 9.75. The molecule has 0 aliphatic carbocycles. The van der Waals surface area contributed by atoms with Gasteiger partial charge in [-0.15, -0.1) is 11.3 Å². The van der Waals surface area contributed by atoms with Gasteiger partial charge in [0.15, 0.2) is 0 Å². The lowest BCUT2D eigenvalue weighted by atomic mass is 10.3. The monoisotopic (exact) mass is 392 g/mol. The van der Waals surface area contributed by atoms with E-state index in [0.717, 1.165) is 21.3 Å². The van der Waals surface area contributed by atoms with Gasteiger partial charge in [-0.25, -0.2) is 12.8 Å². The highest BCUT2D eigenvalue weighted by molar-refractivity contribution is 9.10. The Bertz CT molecular complexity index is 748. The van der Waals surface area contributed by atoms with Crippen LogP contribution in [0.4, 0.5) is 10.1 Å². The predicted octanol–water partition coefficient (Wildman–Crippen LogP) is 3.61.